The number of rotatable bonds is 6. The Hall–Kier alpha value is -3.21. The minimum Gasteiger partial charge on any atom is -0.351 e. The van der Waals surface area contributed by atoms with E-state index in [2.05, 4.69) is 10.4 Å². The molecule has 0 aliphatic heterocycles. The molecule has 6 nitrogen and oxygen atoms in total. The molecule has 0 bridgehead atoms. The lowest BCUT2D eigenvalue weighted by Crippen LogP contribution is -2.37. The maximum Gasteiger partial charge on any atom is 0.416 e. The topological polar surface area (TPSA) is 81.1 Å². The van der Waals surface area contributed by atoms with E-state index in [9.17, 15) is 30.8 Å². The number of aromatic nitrogens is 2. The Kier molecular flexibility index (Phi) is 6.64. The van der Waals surface area contributed by atoms with Gasteiger partial charge in [-0.1, -0.05) is 6.07 Å². The van der Waals surface area contributed by atoms with Gasteiger partial charge in [0.05, 0.1) is 21.8 Å². The zero-order valence-electron chi connectivity index (χ0n) is 17.9. The first-order valence-electron chi connectivity index (χ1n) is 9.81. The number of amides is 1. The molecule has 0 aliphatic carbocycles. The van der Waals surface area contributed by atoms with Crippen molar-refractivity contribution in [2.75, 3.05) is 0 Å². The molecule has 3 aromatic rings. The van der Waals surface area contributed by atoms with E-state index in [1.54, 1.807) is 19.9 Å². The van der Waals surface area contributed by atoms with Crippen LogP contribution in [0.4, 0.5) is 17.6 Å². The quantitative estimate of drug-likeness (QED) is 0.422. The van der Waals surface area contributed by atoms with Gasteiger partial charge in [-0.2, -0.15) is 18.3 Å². The zero-order valence-corrected chi connectivity index (χ0v) is 18.8. The van der Waals surface area contributed by atoms with Crippen molar-refractivity contribution in [3.8, 4) is 5.69 Å². The van der Waals surface area contributed by atoms with Gasteiger partial charge in [-0.05, 0) is 68.8 Å². The molecular weight excluding hydrogens is 462 g/mol. The van der Waals surface area contributed by atoms with E-state index >= 15 is 0 Å². The Labute approximate surface area is 188 Å². The lowest BCUT2D eigenvalue weighted by atomic mass is 10.1. The number of hydrogen-bond acceptors (Lipinski definition) is 4. The standard InChI is InChI=1S/C22H21F4N3O3S/c1-13-10-14(2)29(28-13)18-7-4-16(20(11-18)22(24,25)26)12-27-21(30)15(3)33(31,32)19-8-5-17(23)6-9-19/h4-11,15H,12H2,1-3H3,(H,27,30). The van der Waals surface area contributed by atoms with Crippen LogP contribution in [0, 0.1) is 19.7 Å². The summed E-state index contributed by atoms with van der Waals surface area (Å²) in [6.45, 7) is 4.02. The molecule has 2 aromatic carbocycles. The van der Waals surface area contributed by atoms with E-state index in [1.807, 2.05) is 0 Å². The van der Waals surface area contributed by atoms with Crippen molar-refractivity contribution in [1.29, 1.82) is 0 Å². The molecule has 1 heterocycles. The highest BCUT2D eigenvalue weighted by atomic mass is 32.2. The molecule has 11 heteroatoms. The first kappa shape index (κ1) is 24.4. The molecule has 3 rings (SSSR count). The number of halogens is 4. The molecule has 1 N–H and O–H groups in total. The van der Waals surface area contributed by atoms with Gasteiger partial charge in [0.2, 0.25) is 5.91 Å². The fraction of sp³-hybridized carbons (Fsp3) is 0.273. The lowest BCUT2D eigenvalue weighted by Gasteiger charge is -2.17. The molecule has 176 valence electrons. The summed E-state index contributed by atoms with van der Waals surface area (Å²) >= 11 is 0. The highest BCUT2D eigenvalue weighted by molar-refractivity contribution is 7.92. The molecule has 1 aromatic heterocycles. The average Bonchev–Trinajstić information content (AvgIpc) is 3.08. The number of nitrogens with one attached hydrogen (secondary N) is 1. The Bertz CT molecular complexity index is 1280. The Morgan fingerprint density at radius 2 is 1.73 bits per heavy atom. The minimum absolute atomic E-state index is 0.204. The van der Waals surface area contributed by atoms with Crippen LogP contribution in [0.2, 0.25) is 0 Å². The van der Waals surface area contributed by atoms with Gasteiger partial charge in [0.15, 0.2) is 9.84 Å². The van der Waals surface area contributed by atoms with Crippen LogP contribution in [0.25, 0.3) is 5.69 Å². The Balaban J connectivity index is 1.83. The second kappa shape index (κ2) is 8.97. The van der Waals surface area contributed by atoms with Crippen LogP contribution in [-0.4, -0.2) is 29.4 Å². The normalized spacial score (nSPS) is 13.1. The van der Waals surface area contributed by atoms with E-state index in [-0.39, 0.29) is 16.1 Å². The maximum atomic E-state index is 13.7. The van der Waals surface area contributed by atoms with E-state index in [4.69, 9.17) is 0 Å². The highest BCUT2D eigenvalue weighted by Gasteiger charge is 2.35. The highest BCUT2D eigenvalue weighted by Crippen LogP contribution is 2.33. The van der Waals surface area contributed by atoms with Crippen molar-refractivity contribution in [2.45, 2.75) is 43.6 Å². The number of alkyl halides is 3. The number of sulfone groups is 1. The summed E-state index contributed by atoms with van der Waals surface area (Å²) in [5.41, 5.74) is 0.305. The van der Waals surface area contributed by atoms with Crippen molar-refractivity contribution in [3.63, 3.8) is 0 Å². The van der Waals surface area contributed by atoms with Crippen molar-refractivity contribution in [1.82, 2.24) is 15.1 Å². The SMILES string of the molecule is Cc1cc(C)n(-c2ccc(CNC(=O)C(C)S(=O)(=O)c3ccc(F)cc3)c(C(F)(F)F)c2)n1. The molecule has 1 unspecified atom stereocenters. The summed E-state index contributed by atoms with van der Waals surface area (Å²) in [5.74, 6) is -1.62. The summed E-state index contributed by atoms with van der Waals surface area (Å²) in [4.78, 5) is 12.2. The van der Waals surface area contributed by atoms with Crippen LogP contribution in [0.3, 0.4) is 0 Å². The van der Waals surface area contributed by atoms with Crippen LogP contribution in [0.1, 0.15) is 29.4 Å². The molecule has 33 heavy (non-hydrogen) atoms. The Morgan fingerprint density at radius 3 is 2.27 bits per heavy atom. The lowest BCUT2D eigenvalue weighted by molar-refractivity contribution is -0.138. The molecular formula is C22H21F4N3O3S. The average molecular weight is 483 g/mol. The van der Waals surface area contributed by atoms with Crippen molar-refractivity contribution >= 4 is 15.7 Å². The molecule has 0 spiro atoms. The fourth-order valence-electron chi connectivity index (χ4n) is 3.30. The number of nitrogens with zero attached hydrogens (tertiary/aromatic N) is 2. The van der Waals surface area contributed by atoms with E-state index in [1.165, 1.54) is 16.8 Å². The minimum atomic E-state index is -4.71. The second-order valence-corrected chi connectivity index (χ2v) is 9.81. The summed E-state index contributed by atoms with van der Waals surface area (Å²) in [7, 11) is -4.16. The van der Waals surface area contributed by atoms with Gasteiger partial charge < -0.3 is 5.32 Å². The van der Waals surface area contributed by atoms with Crippen molar-refractivity contribution in [2.24, 2.45) is 0 Å². The number of benzene rings is 2. The van der Waals surface area contributed by atoms with Gasteiger partial charge in [-0.25, -0.2) is 17.5 Å². The Morgan fingerprint density at radius 1 is 1.09 bits per heavy atom. The monoisotopic (exact) mass is 483 g/mol. The molecule has 0 aliphatic rings. The van der Waals surface area contributed by atoms with Gasteiger partial charge in [-0.3, -0.25) is 4.79 Å². The molecule has 0 radical (unpaired) electrons. The molecule has 0 saturated carbocycles. The summed E-state index contributed by atoms with van der Waals surface area (Å²) < 4.78 is 80.7. The number of aryl methyl sites for hydroxylation is 2. The second-order valence-electron chi connectivity index (χ2n) is 7.54. The number of hydrogen-bond donors (Lipinski definition) is 1. The smallest absolute Gasteiger partial charge is 0.351 e. The third-order valence-electron chi connectivity index (χ3n) is 5.08. The van der Waals surface area contributed by atoms with E-state index in [0.29, 0.717) is 11.4 Å². The first-order valence-corrected chi connectivity index (χ1v) is 11.4. The van der Waals surface area contributed by atoms with Crippen molar-refractivity contribution in [3.05, 3.63) is 76.9 Å². The van der Waals surface area contributed by atoms with Gasteiger partial charge in [0.1, 0.15) is 11.1 Å². The zero-order chi connectivity index (χ0) is 24.6. The van der Waals surface area contributed by atoms with Crippen LogP contribution in [0.15, 0.2) is 53.4 Å². The number of carbonyl (C=O) groups is 1. The maximum absolute atomic E-state index is 13.7. The summed E-state index contributed by atoms with van der Waals surface area (Å²) in [6, 6.07) is 9.24. The predicted octanol–water partition coefficient (Wildman–Crippen LogP) is 4.13. The molecule has 0 fully saturated rings. The van der Waals surface area contributed by atoms with Gasteiger partial charge >= 0.3 is 6.18 Å². The van der Waals surface area contributed by atoms with E-state index < -0.39 is 45.1 Å². The van der Waals surface area contributed by atoms with Gasteiger partial charge in [-0.15, -0.1) is 0 Å². The summed E-state index contributed by atoms with van der Waals surface area (Å²) in [6.07, 6.45) is -4.71. The van der Waals surface area contributed by atoms with Crippen LogP contribution in [-0.2, 0) is 27.4 Å². The first-order chi connectivity index (χ1) is 15.3. The van der Waals surface area contributed by atoms with Crippen LogP contribution >= 0.6 is 0 Å². The third kappa shape index (κ3) is 5.24. The fourth-order valence-corrected chi connectivity index (χ4v) is 4.59. The summed E-state index contributed by atoms with van der Waals surface area (Å²) in [5, 5.41) is 4.85. The predicted molar refractivity (Wildman–Crippen MR) is 113 cm³/mol. The molecule has 1 atom stereocenters. The van der Waals surface area contributed by atoms with Crippen molar-refractivity contribution < 1.29 is 30.8 Å². The third-order valence-corrected chi connectivity index (χ3v) is 7.16. The molecule has 1 amide bonds. The van der Waals surface area contributed by atoms with Crippen LogP contribution in [0.5, 0.6) is 0 Å². The van der Waals surface area contributed by atoms with Gasteiger partial charge in [0.25, 0.3) is 0 Å². The van der Waals surface area contributed by atoms with Crippen LogP contribution < -0.4 is 5.32 Å². The van der Waals surface area contributed by atoms with Gasteiger partial charge in [0, 0.05) is 12.2 Å². The largest absolute Gasteiger partial charge is 0.416 e. The van der Waals surface area contributed by atoms with E-state index in [0.717, 1.165) is 37.3 Å². The number of carbonyl (C=O) groups excluding carboxylic acids is 1. The molecule has 0 saturated heterocycles.